The van der Waals surface area contributed by atoms with Crippen LogP contribution in [0.5, 0.6) is 0 Å². The molecule has 0 saturated heterocycles. The highest BCUT2D eigenvalue weighted by molar-refractivity contribution is 7.91. The average molecular weight is 261 g/mol. The molecule has 4 nitrogen and oxygen atoms in total. The quantitative estimate of drug-likeness (QED) is 0.823. The van der Waals surface area contributed by atoms with Crippen molar-refractivity contribution in [2.75, 3.05) is 6.26 Å². The molecule has 0 spiro atoms. The van der Waals surface area contributed by atoms with Crippen molar-refractivity contribution < 1.29 is 13.2 Å². The van der Waals surface area contributed by atoms with E-state index in [1.54, 1.807) is 0 Å². The Balaban J connectivity index is 2.70. The van der Waals surface area contributed by atoms with Crippen molar-refractivity contribution >= 4 is 15.6 Å². The van der Waals surface area contributed by atoms with Crippen LogP contribution >= 0.6 is 0 Å². The van der Waals surface area contributed by atoms with E-state index in [2.05, 4.69) is 0 Å². The average Bonchev–Trinajstić information content (AvgIpc) is 2.26. The second-order valence-electron chi connectivity index (χ2n) is 5.37. The van der Waals surface area contributed by atoms with Gasteiger partial charge in [-0.3, -0.25) is 4.79 Å². The Bertz CT molecular complexity index is 375. The molecule has 0 radical (unpaired) electrons. The number of rotatable bonds is 4. The lowest BCUT2D eigenvalue weighted by molar-refractivity contribution is -0.127. The van der Waals surface area contributed by atoms with E-state index in [-0.39, 0.29) is 28.9 Å². The smallest absolute Gasteiger partial charge is 0.150 e. The predicted molar refractivity (Wildman–Crippen MR) is 68.4 cm³/mol. The monoisotopic (exact) mass is 261 g/mol. The number of Topliss-reactive ketones (excluding diaryl/α,β-unsaturated/α-hetero) is 1. The molecule has 100 valence electrons. The van der Waals surface area contributed by atoms with E-state index < -0.39 is 9.84 Å². The maximum absolute atomic E-state index is 12.1. The topological polar surface area (TPSA) is 77.2 Å². The fraction of sp³-hybridized carbons (Fsp3) is 0.917. The number of hydrogen-bond donors (Lipinski definition) is 1. The first-order valence-electron chi connectivity index (χ1n) is 6.21. The van der Waals surface area contributed by atoms with Crippen molar-refractivity contribution in [3.8, 4) is 0 Å². The van der Waals surface area contributed by atoms with E-state index in [4.69, 9.17) is 5.73 Å². The van der Waals surface area contributed by atoms with Crippen LogP contribution in [0.15, 0.2) is 0 Å². The highest BCUT2D eigenvalue weighted by Gasteiger charge is 2.34. The molecule has 1 aliphatic carbocycles. The minimum atomic E-state index is -3.02. The molecule has 0 aromatic carbocycles. The molecule has 0 aliphatic heterocycles. The Kier molecular flexibility index (Phi) is 4.72. The largest absolute Gasteiger partial charge is 0.327 e. The number of hydrogen-bond acceptors (Lipinski definition) is 4. The maximum atomic E-state index is 12.1. The molecule has 17 heavy (non-hydrogen) atoms. The maximum Gasteiger partial charge on any atom is 0.150 e. The van der Waals surface area contributed by atoms with Crippen molar-refractivity contribution in [2.45, 2.75) is 50.8 Å². The summed E-state index contributed by atoms with van der Waals surface area (Å²) in [5.41, 5.74) is 5.72. The summed E-state index contributed by atoms with van der Waals surface area (Å²) in [6, 6.07) is -0.166. The van der Waals surface area contributed by atoms with Crippen molar-refractivity contribution in [3.05, 3.63) is 0 Å². The summed E-state index contributed by atoms with van der Waals surface area (Å²) in [6.07, 6.45) is 4.06. The first kappa shape index (κ1) is 14.6. The molecule has 0 heterocycles. The van der Waals surface area contributed by atoms with Gasteiger partial charge in [0.1, 0.15) is 15.6 Å². The lowest BCUT2D eigenvalue weighted by Crippen LogP contribution is -2.38. The van der Waals surface area contributed by atoms with Gasteiger partial charge < -0.3 is 5.73 Å². The highest BCUT2D eigenvalue weighted by Crippen LogP contribution is 2.31. The molecular weight excluding hydrogens is 238 g/mol. The minimum absolute atomic E-state index is 0.121. The van der Waals surface area contributed by atoms with Crippen LogP contribution in [-0.4, -0.2) is 31.7 Å². The zero-order valence-electron chi connectivity index (χ0n) is 10.8. The third-order valence-electron chi connectivity index (χ3n) is 3.87. The van der Waals surface area contributed by atoms with Gasteiger partial charge in [-0.25, -0.2) is 8.42 Å². The number of ketones is 1. The van der Waals surface area contributed by atoms with E-state index in [1.165, 1.54) is 6.26 Å². The summed E-state index contributed by atoms with van der Waals surface area (Å²) < 4.78 is 23.0. The van der Waals surface area contributed by atoms with Crippen molar-refractivity contribution in [1.82, 2.24) is 0 Å². The molecule has 1 fully saturated rings. The molecular formula is C12H23NO3S. The van der Waals surface area contributed by atoms with Crippen LogP contribution in [0.3, 0.4) is 0 Å². The van der Waals surface area contributed by atoms with Gasteiger partial charge in [0.2, 0.25) is 0 Å². The minimum Gasteiger partial charge on any atom is -0.327 e. The standard InChI is InChI=1S/C12H23NO3S/c1-8(9(2)13)12(14)10-5-4-6-11(7-10)17(3,15)16/h8-11H,4-7,13H2,1-3H3. The lowest BCUT2D eigenvalue weighted by Gasteiger charge is -2.29. The van der Waals surface area contributed by atoms with Crippen LogP contribution in [0.1, 0.15) is 39.5 Å². The fourth-order valence-corrected chi connectivity index (χ4v) is 3.60. The van der Waals surface area contributed by atoms with Crippen LogP contribution < -0.4 is 5.73 Å². The number of sulfone groups is 1. The molecule has 1 rings (SSSR count). The van der Waals surface area contributed by atoms with E-state index in [9.17, 15) is 13.2 Å². The van der Waals surface area contributed by atoms with Crippen molar-refractivity contribution in [2.24, 2.45) is 17.6 Å². The van der Waals surface area contributed by atoms with Gasteiger partial charge in [0.25, 0.3) is 0 Å². The second-order valence-corrected chi connectivity index (χ2v) is 7.69. The Labute approximate surface area is 104 Å². The summed E-state index contributed by atoms with van der Waals surface area (Å²) in [7, 11) is -3.02. The van der Waals surface area contributed by atoms with Crippen LogP contribution in [-0.2, 0) is 14.6 Å². The molecule has 0 amide bonds. The number of nitrogens with two attached hydrogens (primary N) is 1. The van der Waals surface area contributed by atoms with Gasteiger partial charge in [-0.15, -0.1) is 0 Å². The molecule has 4 atom stereocenters. The first-order chi connectivity index (χ1) is 7.73. The van der Waals surface area contributed by atoms with Gasteiger partial charge in [0.05, 0.1) is 5.25 Å². The van der Waals surface area contributed by atoms with Crippen molar-refractivity contribution in [1.29, 1.82) is 0 Å². The zero-order chi connectivity index (χ0) is 13.2. The molecule has 4 unspecified atom stereocenters. The number of carbonyl (C=O) groups excluding carboxylic acids is 1. The lowest BCUT2D eigenvalue weighted by atomic mass is 9.80. The normalized spacial score (nSPS) is 29.6. The van der Waals surface area contributed by atoms with E-state index in [0.29, 0.717) is 12.8 Å². The molecule has 5 heteroatoms. The summed E-state index contributed by atoms with van der Waals surface area (Å²) in [5, 5.41) is -0.342. The van der Waals surface area contributed by atoms with Gasteiger partial charge in [0, 0.05) is 24.1 Å². The Hall–Kier alpha value is -0.420. The third-order valence-corrected chi connectivity index (χ3v) is 5.51. The first-order valence-corrected chi connectivity index (χ1v) is 8.17. The zero-order valence-corrected chi connectivity index (χ0v) is 11.7. The van der Waals surface area contributed by atoms with Crippen LogP contribution in [0, 0.1) is 11.8 Å². The highest BCUT2D eigenvalue weighted by atomic mass is 32.2. The van der Waals surface area contributed by atoms with Crippen LogP contribution in [0.25, 0.3) is 0 Å². The predicted octanol–water partition coefficient (Wildman–Crippen LogP) is 1.14. The summed E-state index contributed by atoms with van der Waals surface area (Å²) >= 11 is 0. The van der Waals surface area contributed by atoms with E-state index >= 15 is 0 Å². The SMILES string of the molecule is CC(N)C(C)C(=O)C1CCCC(S(C)(=O)=O)C1. The molecule has 0 aromatic rings. The van der Waals surface area contributed by atoms with E-state index in [1.807, 2.05) is 13.8 Å². The van der Waals surface area contributed by atoms with Crippen molar-refractivity contribution in [3.63, 3.8) is 0 Å². The van der Waals surface area contributed by atoms with Crippen LogP contribution in [0.2, 0.25) is 0 Å². The van der Waals surface area contributed by atoms with Gasteiger partial charge in [-0.05, 0) is 26.2 Å². The molecule has 2 N–H and O–H groups in total. The number of carbonyl (C=O) groups is 1. The second kappa shape index (κ2) is 5.48. The van der Waals surface area contributed by atoms with Gasteiger partial charge in [-0.1, -0.05) is 13.3 Å². The molecule has 1 aliphatic rings. The van der Waals surface area contributed by atoms with Gasteiger partial charge in [-0.2, -0.15) is 0 Å². The van der Waals surface area contributed by atoms with E-state index in [0.717, 1.165) is 12.8 Å². The molecule has 1 saturated carbocycles. The molecule has 0 aromatic heterocycles. The Morgan fingerprint density at radius 3 is 2.35 bits per heavy atom. The Morgan fingerprint density at radius 2 is 1.88 bits per heavy atom. The van der Waals surface area contributed by atoms with Gasteiger partial charge >= 0.3 is 0 Å². The summed E-state index contributed by atoms with van der Waals surface area (Å²) in [6.45, 7) is 3.65. The fourth-order valence-electron chi connectivity index (χ4n) is 2.42. The van der Waals surface area contributed by atoms with Crippen LogP contribution in [0.4, 0.5) is 0 Å². The molecule has 0 bridgehead atoms. The Morgan fingerprint density at radius 1 is 1.29 bits per heavy atom. The van der Waals surface area contributed by atoms with Gasteiger partial charge in [0.15, 0.2) is 0 Å². The third kappa shape index (κ3) is 3.78. The summed E-state index contributed by atoms with van der Waals surface area (Å²) in [5.74, 6) is -0.170. The summed E-state index contributed by atoms with van der Waals surface area (Å²) in [4.78, 5) is 12.1.